The summed E-state index contributed by atoms with van der Waals surface area (Å²) < 4.78 is 0. The molecule has 0 spiro atoms. The molecule has 3 nitrogen and oxygen atoms in total. The van der Waals surface area contributed by atoms with Gasteiger partial charge in [0.15, 0.2) is 0 Å². The van der Waals surface area contributed by atoms with Crippen LogP contribution < -0.4 is 10.6 Å². The summed E-state index contributed by atoms with van der Waals surface area (Å²) >= 11 is 0. The first-order chi connectivity index (χ1) is 7.10. The van der Waals surface area contributed by atoms with Crippen molar-refractivity contribution in [3.63, 3.8) is 0 Å². The SMILES string of the molecule is CC(C)(C)CCNCCC(=O)NC(C)(C)C. The lowest BCUT2D eigenvalue weighted by Gasteiger charge is -2.21. The van der Waals surface area contributed by atoms with E-state index >= 15 is 0 Å². The minimum atomic E-state index is -0.123. The summed E-state index contributed by atoms with van der Waals surface area (Å²) in [5.41, 5.74) is 0.239. The van der Waals surface area contributed by atoms with Gasteiger partial charge in [0.2, 0.25) is 5.91 Å². The van der Waals surface area contributed by atoms with Gasteiger partial charge in [-0.1, -0.05) is 20.8 Å². The number of hydrogen-bond donors (Lipinski definition) is 2. The maximum Gasteiger partial charge on any atom is 0.221 e. The number of nitrogens with one attached hydrogen (secondary N) is 2. The molecule has 0 radical (unpaired) electrons. The zero-order chi connectivity index (χ0) is 12.8. The van der Waals surface area contributed by atoms with Crippen LogP contribution in [0.2, 0.25) is 0 Å². The largest absolute Gasteiger partial charge is 0.351 e. The summed E-state index contributed by atoms with van der Waals surface area (Å²) in [5, 5.41) is 6.25. The zero-order valence-corrected chi connectivity index (χ0v) is 11.7. The molecule has 0 aromatic carbocycles. The van der Waals surface area contributed by atoms with Crippen molar-refractivity contribution in [1.29, 1.82) is 0 Å². The van der Waals surface area contributed by atoms with Gasteiger partial charge in [-0.25, -0.2) is 0 Å². The van der Waals surface area contributed by atoms with E-state index < -0.39 is 0 Å². The molecule has 0 fully saturated rings. The Bertz CT molecular complexity index is 211. The van der Waals surface area contributed by atoms with E-state index in [4.69, 9.17) is 0 Å². The molecule has 96 valence electrons. The highest BCUT2D eigenvalue weighted by atomic mass is 16.1. The second-order valence-corrected chi connectivity index (χ2v) is 6.61. The minimum absolute atomic E-state index is 0.121. The van der Waals surface area contributed by atoms with Crippen molar-refractivity contribution in [2.75, 3.05) is 13.1 Å². The Labute approximate surface area is 100 Å². The van der Waals surface area contributed by atoms with Crippen molar-refractivity contribution in [1.82, 2.24) is 10.6 Å². The number of hydrogen-bond acceptors (Lipinski definition) is 2. The van der Waals surface area contributed by atoms with E-state index in [1.807, 2.05) is 20.8 Å². The molecule has 0 aromatic heterocycles. The number of carbonyl (C=O) groups is 1. The normalized spacial score (nSPS) is 12.6. The van der Waals surface area contributed by atoms with E-state index in [0.29, 0.717) is 11.8 Å². The van der Waals surface area contributed by atoms with Gasteiger partial charge in [-0.2, -0.15) is 0 Å². The Morgan fingerprint density at radius 2 is 1.56 bits per heavy atom. The van der Waals surface area contributed by atoms with Gasteiger partial charge in [0, 0.05) is 18.5 Å². The highest BCUT2D eigenvalue weighted by Gasteiger charge is 2.13. The van der Waals surface area contributed by atoms with Gasteiger partial charge in [0.05, 0.1) is 0 Å². The standard InChI is InChI=1S/C13H28N2O/c1-12(2,3)8-10-14-9-7-11(16)15-13(4,5)6/h14H,7-10H2,1-6H3,(H,15,16). The van der Waals surface area contributed by atoms with Crippen LogP contribution in [0.4, 0.5) is 0 Å². The fraction of sp³-hybridized carbons (Fsp3) is 0.923. The van der Waals surface area contributed by atoms with Crippen LogP contribution in [0.5, 0.6) is 0 Å². The zero-order valence-electron chi connectivity index (χ0n) is 11.7. The Balaban J connectivity index is 3.50. The monoisotopic (exact) mass is 228 g/mol. The van der Waals surface area contributed by atoms with Crippen LogP contribution in [0.3, 0.4) is 0 Å². The average Bonchev–Trinajstić information content (AvgIpc) is 1.97. The Kier molecular flexibility index (Phi) is 6.01. The molecule has 0 saturated carbocycles. The average molecular weight is 228 g/mol. The molecule has 2 N–H and O–H groups in total. The second kappa shape index (κ2) is 6.24. The summed E-state index contributed by atoms with van der Waals surface area (Å²) in [7, 11) is 0. The second-order valence-electron chi connectivity index (χ2n) is 6.61. The fourth-order valence-electron chi connectivity index (χ4n) is 1.27. The van der Waals surface area contributed by atoms with E-state index in [9.17, 15) is 4.79 Å². The van der Waals surface area contributed by atoms with Crippen LogP contribution in [0.1, 0.15) is 54.4 Å². The third kappa shape index (κ3) is 11.5. The third-order valence-corrected chi connectivity index (χ3v) is 2.10. The molecule has 1 amide bonds. The van der Waals surface area contributed by atoms with Crippen molar-refractivity contribution in [3.05, 3.63) is 0 Å². The Morgan fingerprint density at radius 3 is 2.00 bits per heavy atom. The first-order valence-corrected chi connectivity index (χ1v) is 6.12. The molecular weight excluding hydrogens is 200 g/mol. The summed E-state index contributed by atoms with van der Waals surface area (Å²) in [4.78, 5) is 11.5. The predicted octanol–water partition coefficient (Wildman–Crippen LogP) is 2.32. The molecule has 0 aromatic rings. The van der Waals surface area contributed by atoms with Gasteiger partial charge >= 0.3 is 0 Å². The van der Waals surface area contributed by atoms with Gasteiger partial charge in [-0.15, -0.1) is 0 Å². The van der Waals surface area contributed by atoms with E-state index in [1.54, 1.807) is 0 Å². The number of carbonyl (C=O) groups excluding carboxylic acids is 1. The highest BCUT2D eigenvalue weighted by molar-refractivity contribution is 5.76. The van der Waals surface area contributed by atoms with Gasteiger partial charge in [-0.3, -0.25) is 4.79 Å². The molecule has 0 saturated heterocycles. The molecule has 0 rings (SSSR count). The maximum atomic E-state index is 11.5. The van der Waals surface area contributed by atoms with Crippen LogP contribution >= 0.6 is 0 Å². The molecule has 0 aliphatic carbocycles. The summed E-state index contributed by atoms with van der Waals surface area (Å²) in [6.45, 7) is 14.4. The highest BCUT2D eigenvalue weighted by Crippen LogP contribution is 2.16. The van der Waals surface area contributed by atoms with Gasteiger partial charge < -0.3 is 10.6 Å². The van der Waals surface area contributed by atoms with E-state index in [1.165, 1.54) is 0 Å². The van der Waals surface area contributed by atoms with Crippen molar-refractivity contribution < 1.29 is 4.79 Å². The Morgan fingerprint density at radius 1 is 1.00 bits per heavy atom. The Hall–Kier alpha value is -0.570. The topological polar surface area (TPSA) is 41.1 Å². The summed E-state index contributed by atoms with van der Waals surface area (Å²) in [6.07, 6.45) is 1.69. The predicted molar refractivity (Wildman–Crippen MR) is 69.5 cm³/mol. The van der Waals surface area contributed by atoms with Crippen molar-refractivity contribution >= 4 is 5.91 Å². The van der Waals surface area contributed by atoms with Gasteiger partial charge in [0.1, 0.15) is 0 Å². The summed E-state index contributed by atoms with van der Waals surface area (Å²) in [6, 6.07) is 0. The molecule has 0 aliphatic rings. The lowest BCUT2D eigenvalue weighted by molar-refractivity contribution is -0.122. The molecule has 3 heteroatoms. The van der Waals surface area contributed by atoms with Crippen LogP contribution in [0.15, 0.2) is 0 Å². The molecule has 0 bridgehead atoms. The first-order valence-electron chi connectivity index (χ1n) is 6.12. The fourth-order valence-corrected chi connectivity index (χ4v) is 1.27. The van der Waals surface area contributed by atoms with E-state index in [-0.39, 0.29) is 11.4 Å². The quantitative estimate of drug-likeness (QED) is 0.709. The maximum absolute atomic E-state index is 11.5. The van der Waals surface area contributed by atoms with Crippen LogP contribution in [-0.4, -0.2) is 24.5 Å². The van der Waals surface area contributed by atoms with Crippen LogP contribution in [0.25, 0.3) is 0 Å². The van der Waals surface area contributed by atoms with Crippen molar-refractivity contribution in [3.8, 4) is 0 Å². The van der Waals surface area contributed by atoms with E-state index in [2.05, 4.69) is 31.4 Å². The van der Waals surface area contributed by atoms with E-state index in [0.717, 1.165) is 19.5 Å². The number of rotatable bonds is 5. The van der Waals surface area contributed by atoms with Crippen LogP contribution in [-0.2, 0) is 4.79 Å². The smallest absolute Gasteiger partial charge is 0.221 e. The molecular formula is C13H28N2O. The lowest BCUT2D eigenvalue weighted by atomic mass is 9.92. The molecule has 0 aliphatic heterocycles. The number of amides is 1. The van der Waals surface area contributed by atoms with Gasteiger partial charge in [0.25, 0.3) is 0 Å². The molecule has 0 heterocycles. The van der Waals surface area contributed by atoms with Gasteiger partial charge in [-0.05, 0) is 39.2 Å². The summed E-state index contributed by atoms with van der Waals surface area (Å²) in [5.74, 6) is 0.121. The third-order valence-electron chi connectivity index (χ3n) is 2.10. The van der Waals surface area contributed by atoms with Crippen molar-refractivity contribution in [2.45, 2.75) is 59.9 Å². The van der Waals surface area contributed by atoms with Crippen molar-refractivity contribution in [2.24, 2.45) is 5.41 Å². The molecule has 0 atom stereocenters. The minimum Gasteiger partial charge on any atom is -0.351 e. The molecule has 0 unspecified atom stereocenters. The van der Waals surface area contributed by atoms with Crippen LogP contribution in [0, 0.1) is 5.41 Å². The first kappa shape index (κ1) is 15.4. The lowest BCUT2D eigenvalue weighted by Crippen LogP contribution is -2.41. The molecule has 16 heavy (non-hydrogen) atoms.